The smallest absolute Gasteiger partial charge is 0.110 e. The third-order valence-corrected chi connectivity index (χ3v) is 4.23. The Bertz CT molecular complexity index is 373. The Balaban J connectivity index is 0.00000180. The quantitative estimate of drug-likeness (QED) is 0.782. The standard InChI is InChI=1S/C14H22BrN3.2ClH/c1-2-3-6-13(18-10-8-16-9-11-18)12-5-4-7-17-14(12)15;;/h4-5,7,13,16H,2-3,6,8-11H2,1H3;2*1H/t13-;;/m0../s1. The summed E-state index contributed by atoms with van der Waals surface area (Å²) in [5, 5.41) is 3.42. The molecule has 0 aromatic carbocycles. The van der Waals surface area contributed by atoms with E-state index < -0.39 is 0 Å². The van der Waals surface area contributed by atoms with Crippen molar-refractivity contribution in [2.24, 2.45) is 0 Å². The van der Waals surface area contributed by atoms with Gasteiger partial charge in [0, 0.05) is 44.0 Å². The van der Waals surface area contributed by atoms with E-state index in [9.17, 15) is 0 Å². The second-order valence-corrected chi connectivity index (χ2v) is 5.58. The van der Waals surface area contributed by atoms with Crippen LogP contribution in [0, 0.1) is 0 Å². The van der Waals surface area contributed by atoms with Crippen molar-refractivity contribution in [3.8, 4) is 0 Å². The SMILES string of the molecule is CCCC[C@@H](c1cccnc1Br)N1CCNCC1.Cl.Cl. The molecule has 2 rings (SSSR count). The van der Waals surface area contributed by atoms with Gasteiger partial charge in [0.2, 0.25) is 0 Å². The van der Waals surface area contributed by atoms with Crippen molar-refractivity contribution in [2.75, 3.05) is 26.2 Å². The molecule has 1 aliphatic heterocycles. The molecule has 3 nitrogen and oxygen atoms in total. The summed E-state index contributed by atoms with van der Waals surface area (Å²) in [6.07, 6.45) is 5.60. The van der Waals surface area contributed by atoms with Crippen molar-refractivity contribution < 1.29 is 0 Å². The highest BCUT2D eigenvalue weighted by atomic mass is 79.9. The van der Waals surface area contributed by atoms with E-state index in [0.29, 0.717) is 6.04 Å². The van der Waals surface area contributed by atoms with Gasteiger partial charge in [0.1, 0.15) is 4.60 Å². The summed E-state index contributed by atoms with van der Waals surface area (Å²) in [6.45, 7) is 6.72. The molecule has 20 heavy (non-hydrogen) atoms. The predicted octanol–water partition coefficient (Wildman–Crippen LogP) is 3.82. The molecule has 1 fully saturated rings. The van der Waals surface area contributed by atoms with Crippen molar-refractivity contribution in [1.82, 2.24) is 15.2 Å². The minimum absolute atomic E-state index is 0. The molecule has 116 valence electrons. The van der Waals surface area contributed by atoms with E-state index in [1.165, 1.54) is 24.8 Å². The van der Waals surface area contributed by atoms with E-state index in [2.05, 4.69) is 44.1 Å². The maximum atomic E-state index is 4.38. The number of aromatic nitrogens is 1. The fraction of sp³-hybridized carbons (Fsp3) is 0.643. The highest BCUT2D eigenvalue weighted by molar-refractivity contribution is 9.10. The number of pyridine rings is 1. The van der Waals surface area contributed by atoms with Crippen LogP contribution in [0.1, 0.15) is 37.8 Å². The molecule has 0 unspecified atom stereocenters. The van der Waals surface area contributed by atoms with Crippen LogP contribution in [0.15, 0.2) is 22.9 Å². The summed E-state index contributed by atoms with van der Waals surface area (Å²) in [5.74, 6) is 0. The molecular weight excluding hydrogens is 361 g/mol. The summed E-state index contributed by atoms with van der Waals surface area (Å²) in [4.78, 5) is 6.97. The molecule has 0 spiro atoms. The largest absolute Gasteiger partial charge is 0.314 e. The van der Waals surface area contributed by atoms with Gasteiger partial charge in [0.25, 0.3) is 0 Å². The first kappa shape index (κ1) is 20.1. The van der Waals surface area contributed by atoms with Gasteiger partial charge in [0.15, 0.2) is 0 Å². The molecule has 2 heterocycles. The lowest BCUT2D eigenvalue weighted by molar-refractivity contribution is 0.162. The van der Waals surface area contributed by atoms with Gasteiger partial charge in [-0.2, -0.15) is 0 Å². The molecule has 0 radical (unpaired) electrons. The highest BCUT2D eigenvalue weighted by Gasteiger charge is 2.23. The number of nitrogens with one attached hydrogen (secondary N) is 1. The summed E-state index contributed by atoms with van der Waals surface area (Å²) in [7, 11) is 0. The van der Waals surface area contributed by atoms with Crippen LogP contribution in [0.2, 0.25) is 0 Å². The second-order valence-electron chi connectivity index (χ2n) is 4.83. The fourth-order valence-electron chi connectivity index (χ4n) is 2.57. The van der Waals surface area contributed by atoms with Crippen molar-refractivity contribution in [3.05, 3.63) is 28.5 Å². The van der Waals surface area contributed by atoms with Crippen LogP contribution in [0.3, 0.4) is 0 Å². The lowest BCUT2D eigenvalue weighted by Gasteiger charge is -2.35. The number of piperazine rings is 1. The number of hydrogen-bond acceptors (Lipinski definition) is 3. The molecule has 1 N–H and O–H groups in total. The van der Waals surface area contributed by atoms with E-state index in [1.54, 1.807) is 0 Å². The van der Waals surface area contributed by atoms with Gasteiger partial charge in [0.05, 0.1) is 0 Å². The van der Waals surface area contributed by atoms with Crippen LogP contribution in [0.4, 0.5) is 0 Å². The highest BCUT2D eigenvalue weighted by Crippen LogP contribution is 2.30. The van der Waals surface area contributed by atoms with E-state index >= 15 is 0 Å². The maximum Gasteiger partial charge on any atom is 0.110 e. The Hall–Kier alpha value is 0.130. The molecule has 1 aromatic rings. The number of unbranched alkanes of at least 4 members (excludes halogenated alkanes) is 1. The zero-order valence-corrected chi connectivity index (χ0v) is 15.1. The number of halogens is 3. The van der Waals surface area contributed by atoms with Gasteiger partial charge in [-0.3, -0.25) is 4.90 Å². The van der Waals surface area contributed by atoms with E-state index in [1.807, 2.05) is 12.3 Å². The average Bonchev–Trinajstić information content (AvgIpc) is 2.42. The van der Waals surface area contributed by atoms with Gasteiger partial charge in [-0.05, 0) is 28.4 Å². The normalized spacial score (nSPS) is 16.9. The van der Waals surface area contributed by atoms with Crippen LogP contribution in [-0.4, -0.2) is 36.1 Å². The first-order chi connectivity index (χ1) is 8.83. The number of rotatable bonds is 5. The second kappa shape index (κ2) is 10.8. The van der Waals surface area contributed by atoms with E-state index in [4.69, 9.17) is 0 Å². The summed E-state index contributed by atoms with van der Waals surface area (Å²) in [5.41, 5.74) is 1.34. The molecule has 1 aliphatic rings. The van der Waals surface area contributed by atoms with E-state index in [-0.39, 0.29) is 24.8 Å². The van der Waals surface area contributed by atoms with Gasteiger partial charge >= 0.3 is 0 Å². The van der Waals surface area contributed by atoms with Crippen LogP contribution in [-0.2, 0) is 0 Å². The molecule has 0 aliphatic carbocycles. The third-order valence-electron chi connectivity index (χ3n) is 3.57. The lowest BCUT2D eigenvalue weighted by atomic mass is 10.0. The van der Waals surface area contributed by atoms with Crippen LogP contribution < -0.4 is 5.32 Å². The Morgan fingerprint density at radius 2 is 2.05 bits per heavy atom. The zero-order valence-electron chi connectivity index (χ0n) is 11.8. The van der Waals surface area contributed by atoms with Gasteiger partial charge < -0.3 is 5.32 Å². The zero-order chi connectivity index (χ0) is 12.8. The molecule has 0 saturated carbocycles. The lowest BCUT2D eigenvalue weighted by Crippen LogP contribution is -2.45. The minimum Gasteiger partial charge on any atom is -0.314 e. The molecule has 1 saturated heterocycles. The predicted molar refractivity (Wildman–Crippen MR) is 93.1 cm³/mol. The first-order valence-electron chi connectivity index (χ1n) is 6.88. The maximum absolute atomic E-state index is 4.38. The number of hydrogen-bond donors (Lipinski definition) is 1. The van der Waals surface area contributed by atoms with Crippen molar-refractivity contribution in [3.63, 3.8) is 0 Å². The van der Waals surface area contributed by atoms with Crippen LogP contribution in [0.5, 0.6) is 0 Å². The van der Waals surface area contributed by atoms with Gasteiger partial charge in [-0.15, -0.1) is 24.8 Å². The minimum atomic E-state index is 0. The van der Waals surface area contributed by atoms with E-state index in [0.717, 1.165) is 30.8 Å². The Morgan fingerprint density at radius 1 is 1.35 bits per heavy atom. The topological polar surface area (TPSA) is 28.2 Å². The molecular formula is C14H24BrCl2N3. The Labute approximate surface area is 142 Å². The summed E-state index contributed by atoms with van der Waals surface area (Å²) in [6, 6.07) is 4.76. The molecule has 6 heteroatoms. The van der Waals surface area contributed by atoms with Crippen LogP contribution in [0.25, 0.3) is 0 Å². The molecule has 0 bridgehead atoms. The third kappa shape index (κ3) is 5.49. The summed E-state index contributed by atoms with van der Waals surface area (Å²) < 4.78 is 1.00. The molecule has 1 aromatic heterocycles. The average molecular weight is 385 g/mol. The van der Waals surface area contributed by atoms with Crippen molar-refractivity contribution >= 4 is 40.7 Å². The monoisotopic (exact) mass is 383 g/mol. The Kier molecular flexibility index (Phi) is 10.9. The fourth-order valence-corrected chi connectivity index (χ4v) is 3.09. The first-order valence-corrected chi connectivity index (χ1v) is 7.67. The van der Waals surface area contributed by atoms with Gasteiger partial charge in [-0.25, -0.2) is 4.98 Å². The van der Waals surface area contributed by atoms with Gasteiger partial charge in [-0.1, -0.05) is 25.8 Å². The summed E-state index contributed by atoms with van der Waals surface area (Å²) >= 11 is 3.60. The van der Waals surface area contributed by atoms with Crippen molar-refractivity contribution in [1.29, 1.82) is 0 Å². The Morgan fingerprint density at radius 3 is 2.65 bits per heavy atom. The molecule has 0 amide bonds. The van der Waals surface area contributed by atoms with Crippen molar-refractivity contribution in [2.45, 2.75) is 32.2 Å². The van der Waals surface area contributed by atoms with Crippen LogP contribution >= 0.6 is 40.7 Å². The molecule has 1 atom stereocenters. The number of nitrogens with zero attached hydrogens (tertiary/aromatic N) is 2.